The second-order valence-electron chi connectivity index (χ2n) is 2.07. The summed E-state index contributed by atoms with van der Waals surface area (Å²) in [5, 5.41) is -1.33. The van der Waals surface area contributed by atoms with Gasteiger partial charge in [-0.3, -0.25) is 0 Å². The average molecular weight is 208 g/mol. The quantitative estimate of drug-likeness (QED) is 0.376. The molecule has 0 rings (SSSR count). The van der Waals surface area contributed by atoms with Gasteiger partial charge >= 0.3 is 11.7 Å². The molecule has 0 aliphatic heterocycles. The van der Waals surface area contributed by atoms with Gasteiger partial charge in [0.25, 0.3) is 0 Å². The summed E-state index contributed by atoms with van der Waals surface area (Å²) in [6.45, 7) is 0. The van der Waals surface area contributed by atoms with Crippen LogP contribution < -0.4 is 0 Å². The highest BCUT2D eigenvalue weighted by molar-refractivity contribution is 8.93. The summed E-state index contributed by atoms with van der Waals surface area (Å²) in [6, 6.07) is 0. The van der Waals surface area contributed by atoms with E-state index in [-0.39, 0.29) is 0 Å². The third-order valence-electron chi connectivity index (χ3n) is 0.607. The molecule has 2 nitrogen and oxygen atoms in total. The zero-order valence-electron chi connectivity index (χ0n) is 5.81. The van der Waals surface area contributed by atoms with Crippen LogP contribution in [0.4, 0.5) is 18.0 Å². The summed E-state index contributed by atoms with van der Waals surface area (Å²) < 4.78 is 37.2. The minimum Gasteiger partial charge on any atom is -0.365 e. The summed E-state index contributed by atoms with van der Waals surface area (Å²) in [4.78, 5) is 10.5. The van der Waals surface area contributed by atoms with Gasteiger partial charge in [-0.2, -0.15) is 0 Å². The Balaban J connectivity index is 4.11. The molecule has 0 bridgehead atoms. The van der Waals surface area contributed by atoms with Crippen LogP contribution in [-0.4, -0.2) is 24.2 Å². The fourth-order valence-corrected chi connectivity index (χ4v) is 0.607. The van der Waals surface area contributed by atoms with Crippen LogP contribution in [0.2, 0.25) is 0 Å². The average Bonchev–Trinajstić information content (AvgIpc) is 1.56. The molecule has 0 fully saturated rings. The molecule has 0 aromatic rings. The summed E-state index contributed by atoms with van der Waals surface area (Å²) in [6.07, 6.45) is -2.31. The van der Waals surface area contributed by atoms with Crippen molar-refractivity contribution in [1.82, 2.24) is 0 Å². The molecule has 0 N–H and O–H groups in total. The lowest BCUT2D eigenvalue weighted by atomic mass is 11.3. The number of thiol groups is 1. The maximum atomic E-state index is 11.4. The van der Waals surface area contributed by atoms with Crippen molar-refractivity contribution in [2.45, 2.75) is 6.36 Å². The summed E-state index contributed by atoms with van der Waals surface area (Å²) in [7, 11) is -2.22. The van der Waals surface area contributed by atoms with Gasteiger partial charge in [0, 0.05) is 0 Å². The van der Waals surface area contributed by atoms with Crippen molar-refractivity contribution in [2.24, 2.45) is 0 Å². The highest BCUT2D eigenvalue weighted by atomic mass is 33.1. The molecule has 0 aromatic carbocycles. The van der Waals surface area contributed by atoms with E-state index in [0.717, 1.165) is 0 Å². The van der Waals surface area contributed by atoms with Gasteiger partial charge in [-0.25, -0.2) is 4.79 Å². The van der Waals surface area contributed by atoms with E-state index in [1.807, 2.05) is 0 Å². The summed E-state index contributed by atoms with van der Waals surface area (Å²) >= 11 is 3.67. The van der Waals surface area contributed by atoms with Gasteiger partial charge in [0.2, 0.25) is 0 Å². The van der Waals surface area contributed by atoms with Crippen molar-refractivity contribution >= 4 is 26.0 Å². The summed E-state index contributed by atoms with van der Waals surface area (Å²) in [5.74, 6) is 0. The molecule has 0 heterocycles. The lowest BCUT2D eigenvalue weighted by molar-refractivity contribution is -0.287. The van der Waals surface area contributed by atoms with Crippen LogP contribution in [0.15, 0.2) is 0 Å². The number of hydrogen-bond acceptors (Lipinski definition) is 3. The highest BCUT2D eigenvalue weighted by Crippen LogP contribution is 2.47. The normalized spacial score (nSPS) is 14.4. The Labute approximate surface area is 68.2 Å². The van der Waals surface area contributed by atoms with E-state index in [0.29, 0.717) is 0 Å². The van der Waals surface area contributed by atoms with Crippen molar-refractivity contribution in [1.29, 1.82) is 0 Å². The molecular weight excluding hydrogens is 201 g/mol. The number of ether oxygens (including phenoxy) is 1. The number of carbonyl (C=O) groups excluding carboxylic acids is 1. The number of rotatable bonds is 0. The fourth-order valence-electron chi connectivity index (χ4n) is 0.196. The zero-order valence-corrected chi connectivity index (χ0v) is 7.52. The first-order chi connectivity index (χ1) is 4.63. The summed E-state index contributed by atoms with van der Waals surface area (Å²) in [5.41, 5.74) is 0. The van der Waals surface area contributed by atoms with E-state index < -0.39 is 20.7 Å². The molecule has 0 aliphatic carbocycles. The molecule has 0 unspecified atom stereocenters. The Morgan fingerprint density at radius 2 is 1.82 bits per heavy atom. The monoisotopic (exact) mass is 208 g/mol. The van der Waals surface area contributed by atoms with Crippen molar-refractivity contribution in [2.75, 3.05) is 12.5 Å². The standard InChI is InChI=1S/C4H7F3O2S2/c1-11(2,10)3(8)9-4(5,6)7/h10H,1-2H3. The van der Waals surface area contributed by atoms with Gasteiger partial charge in [-0.15, -0.1) is 33.9 Å². The molecule has 0 saturated heterocycles. The molecule has 0 spiro atoms. The Hall–Kier alpha value is -0.0400. The molecular formula is C4H7F3O2S2. The fraction of sp³-hybridized carbons (Fsp3) is 0.750. The van der Waals surface area contributed by atoms with E-state index in [2.05, 4.69) is 16.4 Å². The van der Waals surface area contributed by atoms with E-state index in [1.165, 1.54) is 12.5 Å². The van der Waals surface area contributed by atoms with Gasteiger partial charge < -0.3 is 4.74 Å². The molecule has 68 valence electrons. The lowest BCUT2D eigenvalue weighted by Gasteiger charge is -2.21. The number of halogens is 3. The minimum atomic E-state index is -4.90. The van der Waals surface area contributed by atoms with Crippen LogP contribution in [-0.2, 0) is 4.74 Å². The van der Waals surface area contributed by atoms with Gasteiger partial charge in [-0.1, -0.05) is 0 Å². The van der Waals surface area contributed by atoms with Crippen molar-refractivity contribution in [3.63, 3.8) is 0 Å². The number of carbonyl (C=O) groups is 1. The molecule has 0 atom stereocenters. The van der Waals surface area contributed by atoms with E-state index in [4.69, 9.17) is 0 Å². The van der Waals surface area contributed by atoms with E-state index >= 15 is 0 Å². The second-order valence-corrected chi connectivity index (χ2v) is 7.69. The zero-order chi connectivity index (χ0) is 9.28. The Bertz CT molecular complexity index is 160. The van der Waals surface area contributed by atoms with Crippen molar-refractivity contribution in [3.8, 4) is 0 Å². The third-order valence-corrected chi connectivity index (χ3v) is 1.95. The molecule has 0 amide bonds. The Morgan fingerprint density at radius 1 is 1.45 bits per heavy atom. The van der Waals surface area contributed by atoms with Gasteiger partial charge in [0.05, 0.1) is 0 Å². The van der Waals surface area contributed by atoms with Gasteiger partial charge in [-0.05, 0) is 12.5 Å². The first-order valence-corrected chi connectivity index (χ1v) is 5.88. The van der Waals surface area contributed by atoms with Crippen LogP contribution in [0.1, 0.15) is 0 Å². The predicted molar refractivity (Wildman–Crippen MR) is 41.0 cm³/mol. The first-order valence-electron chi connectivity index (χ1n) is 2.38. The Morgan fingerprint density at radius 3 is 1.91 bits per heavy atom. The number of hydrogen-bond donors (Lipinski definition) is 1. The van der Waals surface area contributed by atoms with Crippen molar-refractivity contribution < 1.29 is 22.7 Å². The van der Waals surface area contributed by atoms with Crippen LogP contribution >= 0.6 is 20.7 Å². The SMILES string of the molecule is CS(C)(S)C(=O)OC(F)(F)F. The van der Waals surface area contributed by atoms with Crippen LogP contribution in [0, 0.1) is 0 Å². The van der Waals surface area contributed by atoms with E-state index in [9.17, 15) is 18.0 Å². The third kappa shape index (κ3) is 5.25. The minimum absolute atomic E-state index is 1.30. The molecule has 7 heteroatoms. The molecule has 0 aromatic heterocycles. The van der Waals surface area contributed by atoms with Gasteiger partial charge in [0.15, 0.2) is 0 Å². The van der Waals surface area contributed by atoms with E-state index in [1.54, 1.807) is 0 Å². The predicted octanol–water partition coefficient (Wildman–Crippen LogP) is 2.55. The smallest absolute Gasteiger partial charge is 0.365 e. The highest BCUT2D eigenvalue weighted by Gasteiger charge is 2.37. The maximum absolute atomic E-state index is 11.4. The molecule has 11 heavy (non-hydrogen) atoms. The van der Waals surface area contributed by atoms with Gasteiger partial charge in [0.1, 0.15) is 0 Å². The second kappa shape index (κ2) is 3.14. The lowest BCUT2D eigenvalue weighted by Crippen LogP contribution is -2.19. The van der Waals surface area contributed by atoms with Crippen LogP contribution in [0.25, 0.3) is 0 Å². The Kier molecular flexibility index (Phi) is 3.13. The largest absolute Gasteiger partial charge is 0.575 e. The topological polar surface area (TPSA) is 26.3 Å². The van der Waals surface area contributed by atoms with Crippen molar-refractivity contribution in [3.05, 3.63) is 0 Å². The van der Waals surface area contributed by atoms with Crippen LogP contribution in [0.5, 0.6) is 0 Å². The first kappa shape index (κ1) is 11.0. The van der Waals surface area contributed by atoms with Crippen LogP contribution in [0.3, 0.4) is 0 Å². The number of alkyl halides is 3. The maximum Gasteiger partial charge on any atom is 0.575 e. The molecule has 0 saturated carbocycles. The molecule has 0 aliphatic rings. The molecule has 0 radical (unpaired) electrons.